The Morgan fingerprint density at radius 1 is 1.38 bits per heavy atom. The molecule has 0 aliphatic heterocycles. The number of fused-ring (bicyclic) bond motifs is 1. The highest BCUT2D eigenvalue weighted by Crippen LogP contribution is 2.32. The molecule has 2 heterocycles. The standard InChI is InChI=1S/C12H15N3O/c1-8-3-4-9-11(14-8)15-10(16-9)7-12(13)5-2-6-12/h3-4H,2,5-7,13H2,1H3. The summed E-state index contributed by atoms with van der Waals surface area (Å²) >= 11 is 0. The first-order chi connectivity index (χ1) is 7.65. The zero-order valence-electron chi connectivity index (χ0n) is 9.36. The minimum Gasteiger partial charge on any atom is -0.439 e. The summed E-state index contributed by atoms with van der Waals surface area (Å²) in [6.07, 6.45) is 4.08. The summed E-state index contributed by atoms with van der Waals surface area (Å²) in [7, 11) is 0. The lowest BCUT2D eigenvalue weighted by Gasteiger charge is -2.36. The average molecular weight is 217 g/mol. The third kappa shape index (κ3) is 1.59. The molecule has 1 saturated carbocycles. The van der Waals surface area contributed by atoms with E-state index in [1.54, 1.807) is 0 Å². The Balaban J connectivity index is 1.93. The maximum atomic E-state index is 6.17. The van der Waals surface area contributed by atoms with Gasteiger partial charge in [-0.25, -0.2) is 4.98 Å². The SMILES string of the molecule is Cc1ccc2oc(CC3(N)CCC3)nc2n1. The number of aryl methyl sites for hydroxylation is 1. The molecule has 1 fully saturated rings. The van der Waals surface area contributed by atoms with Gasteiger partial charge in [-0.2, -0.15) is 4.98 Å². The van der Waals surface area contributed by atoms with E-state index in [2.05, 4.69) is 9.97 Å². The van der Waals surface area contributed by atoms with E-state index in [1.807, 2.05) is 19.1 Å². The first kappa shape index (κ1) is 9.78. The van der Waals surface area contributed by atoms with Gasteiger partial charge in [-0.15, -0.1) is 0 Å². The van der Waals surface area contributed by atoms with E-state index in [9.17, 15) is 0 Å². The second-order valence-corrected chi connectivity index (χ2v) is 4.77. The van der Waals surface area contributed by atoms with Crippen molar-refractivity contribution in [2.75, 3.05) is 0 Å². The molecule has 1 aliphatic rings. The maximum absolute atomic E-state index is 6.17. The predicted molar refractivity (Wildman–Crippen MR) is 61.0 cm³/mol. The van der Waals surface area contributed by atoms with E-state index in [-0.39, 0.29) is 5.54 Å². The smallest absolute Gasteiger partial charge is 0.199 e. The van der Waals surface area contributed by atoms with E-state index in [0.29, 0.717) is 5.65 Å². The Kier molecular flexibility index (Phi) is 2.01. The van der Waals surface area contributed by atoms with Crippen LogP contribution in [0.5, 0.6) is 0 Å². The number of aromatic nitrogens is 2. The van der Waals surface area contributed by atoms with Crippen molar-refractivity contribution < 1.29 is 4.42 Å². The van der Waals surface area contributed by atoms with Crippen LogP contribution in [-0.4, -0.2) is 15.5 Å². The number of pyridine rings is 1. The van der Waals surface area contributed by atoms with Crippen molar-refractivity contribution >= 4 is 11.2 Å². The topological polar surface area (TPSA) is 64.9 Å². The fraction of sp³-hybridized carbons (Fsp3) is 0.500. The normalized spacial score (nSPS) is 18.6. The second-order valence-electron chi connectivity index (χ2n) is 4.77. The van der Waals surface area contributed by atoms with Gasteiger partial charge >= 0.3 is 0 Å². The molecule has 3 rings (SSSR count). The van der Waals surface area contributed by atoms with Gasteiger partial charge in [-0.05, 0) is 38.3 Å². The van der Waals surface area contributed by atoms with E-state index in [1.165, 1.54) is 6.42 Å². The second kappa shape index (κ2) is 3.28. The molecule has 2 aromatic heterocycles. The molecule has 4 heteroatoms. The largest absolute Gasteiger partial charge is 0.439 e. The Morgan fingerprint density at radius 3 is 2.88 bits per heavy atom. The number of rotatable bonds is 2. The van der Waals surface area contributed by atoms with Crippen molar-refractivity contribution in [3.8, 4) is 0 Å². The van der Waals surface area contributed by atoms with Gasteiger partial charge in [0.2, 0.25) is 0 Å². The molecule has 0 atom stereocenters. The van der Waals surface area contributed by atoms with Crippen LogP contribution in [0.1, 0.15) is 30.8 Å². The third-order valence-corrected chi connectivity index (χ3v) is 3.29. The van der Waals surface area contributed by atoms with Crippen LogP contribution >= 0.6 is 0 Å². The predicted octanol–water partition coefficient (Wildman–Crippen LogP) is 1.96. The van der Waals surface area contributed by atoms with Gasteiger partial charge in [0, 0.05) is 17.7 Å². The van der Waals surface area contributed by atoms with Crippen molar-refractivity contribution in [1.82, 2.24) is 9.97 Å². The summed E-state index contributed by atoms with van der Waals surface area (Å²) in [5, 5.41) is 0. The van der Waals surface area contributed by atoms with Crippen molar-refractivity contribution in [2.45, 2.75) is 38.1 Å². The quantitative estimate of drug-likeness (QED) is 0.835. The van der Waals surface area contributed by atoms with Crippen LogP contribution in [0.15, 0.2) is 16.5 Å². The first-order valence-electron chi connectivity index (χ1n) is 5.67. The summed E-state index contributed by atoms with van der Waals surface area (Å²) in [6.45, 7) is 1.95. The molecule has 84 valence electrons. The molecule has 2 N–H and O–H groups in total. The number of nitrogens with zero attached hydrogens (tertiary/aromatic N) is 2. The Hall–Kier alpha value is -1.42. The van der Waals surface area contributed by atoms with Crippen LogP contribution < -0.4 is 5.73 Å². The Bertz CT molecular complexity index is 528. The Morgan fingerprint density at radius 2 is 2.19 bits per heavy atom. The van der Waals surface area contributed by atoms with Crippen LogP contribution in [0.25, 0.3) is 11.2 Å². The van der Waals surface area contributed by atoms with Crippen molar-refractivity contribution in [3.63, 3.8) is 0 Å². The molecule has 2 aromatic rings. The van der Waals surface area contributed by atoms with Crippen LogP contribution in [0.4, 0.5) is 0 Å². The van der Waals surface area contributed by atoms with E-state index in [0.717, 1.165) is 36.4 Å². The number of nitrogens with two attached hydrogens (primary N) is 1. The monoisotopic (exact) mass is 217 g/mol. The third-order valence-electron chi connectivity index (χ3n) is 3.29. The molecule has 0 spiro atoms. The molecule has 0 unspecified atom stereocenters. The Labute approximate surface area is 93.9 Å². The summed E-state index contributed by atoms with van der Waals surface area (Å²) in [6, 6.07) is 3.84. The lowest BCUT2D eigenvalue weighted by atomic mass is 9.75. The van der Waals surface area contributed by atoms with Crippen LogP contribution in [0.3, 0.4) is 0 Å². The van der Waals surface area contributed by atoms with Gasteiger partial charge in [-0.1, -0.05) is 0 Å². The summed E-state index contributed by atoms with van der Waals surface area (Å²) < 4.78 is 5.64. The summed E-state index contributed by atoms with van der Waals surface area (Å²) in [4.78, 5) is 8.71. The summed E-state index contributed by atoms with van der Waals surface area (Å²) in [5.41, 5.74) is 8.48. The van der Waals surface area contributed by atoms with Gasteiger partial charge in [0.1, 0.15) is 0 Å². The fourth-order valence-electron chi connectivity index (χ4n) is 2.14. The molecule has 0 amide bonds. The zero-order chi connectivity index (χ0) is 11.2. The molecule has 16 heavy (non-hydrogen) atoms. The molecule has 4 nitrogen and oxygen atoms in total. The lowest BCUT2D eigenvalue weighted by Crippen LogP contribution is -2.48. The molecule has 0 radical (unpaired) electrons. The minimum atomic E-state index is -0.0874. The van der Waals surface area contributed by atoms with E-state index in [4.69, 9.17) is 10.2 Å². The molecular formula is C12H15N3O. The van der Waals surface area contributed by atoms with Crippen molar-refractivity contribution in [1.29, 1.82) is 0 Å². The van der Waals surface area contributed by atoms with Crippen molar-refractivity contribution in [3.05, 3.63) is 23.7 Å². The molecule has 0 bridgehead atoms. The number of hydrogen-bond donors (Lipinski definition) is 1. The van der Waals surface area contributed by atoms with Gasteiger partial charge in [0.25, 0.3) is 0 Å². The zero-order valence-corrected chi connectivity index (χ0v) is 9.36. The fourth-order valence-corrected chi connectivity index (χ4v) is 2.14. The number of oxazole rings is 1. The molecule has 1 aliphatic carbocycles. The van der Waals surface area contributed by atoms with E-state index < -0.39 is 0 Å². The maximum Gasteiger partial charge on any atom is 0.199 e. The highest BCUT2D eigenvalue weighted by atomic mass is 16.3. The highest BCUT2D eigenvalue weighted by Gasteiger charge is 2.34. The minimum absolute atomic E-state index is 0.0874. The molecule has 0 aromatic carbocycles. The van der Waals surface area contributed by atoms with Gasteiger partial charge in [-0.3, -0.25) is 0 Å². The van der Waals surface area contributed by atoms with Crippen LogP contribution in [0, 0.1) is 6.92 Å². The molecular weight excluding hydrogens is 202 g/mol. The van der Waals surface area contributed by atoms with E-state index >= 15 is 0 Å². The average Bonchev–Trinajstić information content (AvgIpc) is 2.56. The lowest BCUT2D eigenvalue weighted by molar-refractivity contribution is 0.232. The van der Waals surface area contributed by atoms with Gasteiger partial charge in [0.05, 0.1) is 0 Å². The van der Waals surface area contributed by atoms with Crippen molar-refractivity contribution in [2.24, 2.45) is 5.73 Å². The van der Waals surface area contributed by atoms with Crippen LogP contribution in [-0.2, 0) is 6.42 Å². The molecule has 0 saturated heterocycles. The van der Waals surface area contributed by atoms with Gasteiger partial charge in [0.15, 0.2) is 17.1 Å². The first-order valence-corrected chi connectivity index (χ1v) is 5.67. The van der Waals surface area contributed by atoms with Crippen LogP contribution in [0.2, 0.25) is 0 Å². The number of hydrogen-bond acceptors (Lipinski definition) is 4. The van der Waals surface area contributed by atoms with Gasteiger partial charge < -0.3 is 10.2 Å². The summed E-state index contributed by atoms with van der Waals surface area (Å²) in [5.74, 6) is 0.718. The highest BCUT2D eigenvalue weighted by molar-refractivity contribution is 5.67.